The van der Waals surface area contributed by atoms with Crippen LogP contribution in [-0.4, -0.2) is 96.2 Å². The standard InChI is InChI=1S/C44H44FN5O6/c1-48-26-42(53)50-25-34(47-40(51)21-32-12-7-11-30-9-5-6-13-36(30)32)23-35(50)27-56-39-18-16-33(45)22-37(39)44(55)49(2)38(17-19-41(48)52)43(54)46-24-28-14-15-29-8-3-4-10-31(29)20-28/h3-16,18,20,22,34-35,38H,17,19,21,23-27H2,1-2H3,(H,46,54)(H,47,51)/t34-,35-,38+/m0/s1. The van der Waals surface area contributed by atoms with Crippen molar-refractivity contribution in [2.45, 2.75) is 50.4 Å². The van der Waals surface area contributed by atoms with Gasteiger partial charge in [0.25, 0.3) is 5.91 Å². The summed E-state index contributed by atoms with van der Waals surface area (Å²) in [4.78, 5) is 72.6. The zero-order valence-corrected chi connectivity index (χ0v) is 31.4. The molecule has 7 rings (SSSR count). The Bertz CT molecular complexity index is 2310. The molecule has 0 saturated carbocycles. The highest BCUT2D eigenvalue weighted by molar-refractivity contribution is 6.00. The maximum atomic E-state index is 14.7. The molecule has 288 valence electrons. The third kappa shape index (κ3) is 8.49. The minimum atomic E-state index is -1.10. The summed E-state index contributed by atoms with van der Waals surface area (Å²) in [5.74, 6) is -2.67. The topological polar surface area (TPSA) is 128 Å². The predicted octanol–water partition coefficient (Wildman–Crippen LogP) is 4.85. The van der Waals surface area contributed by atoms with Crippen LogP contribution in [0.1, 0.15) is 40.7 Å². The summed E-state index contributed by atoms with van der Waals surface area (Å²) >= 11 is 0. The van der Waals surface area contributed by atoms with Crippen LogP contribution in [-0.2, 0) is 32.1 Å². The minimum absolute atomic E-state index is 0.0498. The molecule has 0 radical (unpaired) electrons. The summed E-state index contributed by atoms with van der Waals surface area (Å²) in [6.07, 6.45) is 0.319. The molecule has 5 aromatic rings. The lowest BCUT2D eigenvalue weighted by atomic mass is 10.0. The molecule has 0 aromatic heterocycles. The first-order chi connectivity index (χ1) is 27.0. The van der Waals surface area contributed by atoms with Gasteiger partial charge in [-0.2, -0.15) is 0 Å². The number of benzene rings is 5. The number of hydrogen-bond acceptors (Lipinski definition) is 6. The molecule has 5 amide bonds. The van der Waals surface area contributed by atoms with Gasteiger partial charge in [-0.05, 0) is 69.8 Å². The van der Waals surface area contributed by atoms with Crippen LogP contribution in [0.5, 0.6) is 5.75 Å². The van der Waals surface area contributed by atoms with E-state index in [-0.39, 0.29) is 74.5 Å². The first-order valence-electron chi connectivity index (χ1n) is 18.8. The molecule has 5 aromatic carbocycles. The van der Waals surface area contributed by atoms with E-state index in [1.807, 2.05) is 84.9 Å². The van der Waals surface area contributed by atoms with E-state index >= 15 is 0 Å². The van der Waals surface area contributed by atoms with E-state index in [9.17, 15) is 28.4 Å². The average Bonchev–Trinajstić information content (AvgIpc) is 3.61. The van der Waals surface area contributed by atoms with Crippen molar-refractivity contribution in [2.24, 2.45) is 0 Å². The van der Waals surface area contributed by atoms with Gasteiger partial charge >= 0.3 is 0 Å². The molecule has 1 saturated heterocycles. The Morgan fingerprint density at radius 2 is 1.59 bits per heavy atom. The van der Waals surface area contributed by atoms with Crippen LogP contribution in [0.3, 0.4) is 0 Å². The van der Waals surface area contributed by atoms with Gasteiger partial charge in [0.05, 0.1) is 24.6 Å². The molecule has 0 aliphatic carbocycles. The SMILES string of the molecule is CN1CC(=O)N2C[C@@H](NC(=O)Cc3cccc4ccccc34)C[C@H]2COc2ccc(F)cc2C(=O)N(C)[C@@H](C(=O)NCc2ccc3ccccc3c2)CCC1=O. The normalized spacial score (nSPS) is 19.5. The summed E-state index contributed by atoms with van der Waals surface area (Å²) in [7, 11) is 2.96. The van der Waals surface area contributed by atoms with Gasteiger partial charge in [0.1, 0.15) is 24.2 Å². The van der Waals surface area contributed by atoms with Gasteiger partial charge in [0.15, 0.2) is 0 Å². The Kier molecular flexibility index (Phi) is 11.3. The Morgan fingerprint density at radius 1 is 0.839 bits per heavy atom. The lowest BCUT2D eigenvalue weighted by molar-refractivity contribution is -0.140. The molecule has 2 aliphatic rings. The Hall–Kier alpha value is -6.30. The van der Waals surface area contributed by atoms with E-state index in [4.69, 9.17) is 4.74 Å². The van der Waals surface area contributed by atoms with E-state index in [0.29, 0.717) is 6.42 Å². The molecule has 2 aliphatic heterocycles. The van der Waals surface area contributed by atoms with E-state index in [1.165, 1.54) is 36.0 Å². The number of carbonyl (C=O) groups is 5. The summed E-state index contributed by atoms with van der Waals surface area (Å²) in [5.41, 5.74) is 1.63. The van der Waals surface area contributed by atoms with Crippen LogP contribution >= 0.6 is 0 Å². The number of halogens is 1. The highest BCUT2D eigenvalue weighted by Crippen LogP contribution is 2.27. The van der Waals surface area contributed by atoms with Crippen molar-refractivity contribution in [1.29, 1.82) is 0 Å². The van der Waals surface area contributed by atoms with Crippen LogP contribution in [0.2, 0.25) is 0 Å². The van der Waals surface area contributed by atoms with Crippen molar-refractivity contribution in [3.8, 4) is 5.75 Å². The average molecular weight is 758 g/mol. The van der Waals surface area contributed by atoms with Crippen LogP contribution < -0.4 is 15.4 Å². The van der Waals surface area contributed by atoms with Crippen LogP contribution in [0, 0.1) is 5.82 Å². The second-order valence-corrected chi connectivity index (χ2v) is 14.6. The van der Waals surface area contributed by atoms with Crippen LogP contribution in [0.15, 0.2) is 103 Å². The van der Waals surface area contributed by atoms with Gasteiger partial charge in [-0.15, -0.1) is 0 Å². The van der Waals surface area contributed by atoms with E-state index in [2.05, 4.69) is 10.6 Å². The van der Waals surface area contributed by atoms with Gasteiger partial charge in [-0.3, -0.25) is 24.0 Å². The molecule has 3 atom stereocenters. The Morgan fingerprint density at radius 3 is 2.41 bits per heavy atom. The first kappa shape index (κ1) is 38.0. The molecular weight excluding hydrogens is 714 g/mol. The molecule has 1 fully saturated rings. The number of nitrogens with one attached hydrogen (secondary N) is 2. The van der Waals surface area contributed by atoms with E-state index in [0.717, 1.165) is 38.7 Å². The summed E-state index contributed by atoms with van der Waals surface area (Å²) in [5, 5.41) is 10.1. The third-order valence-electron chi connectivity index (χ3n) is 10.7. The summed E-state index contributed by atoms with van der Waals surface area (Å²) in [6.45, 7) is 0.0695. The number of likely N-dealkylation sites (N-methyl/N-ethyl adjacent to an activating group) is 2. The summed E-state index contributed by atoms with van der Waals surface area (Å²) in [6, 6.07) is 29.0. The van der Waals surface area contributed by atoms with Crippen molar-refractivity contribution >= 4 is 51.1 Å². The number of fused-ring (bicyclic) bond motifs is 4. The number of hydrogen-bond donors (Lipinski definition) is 2. The molecule has 2 N–H and O–H groups in total. The maximum Gasteiger partial charge on any atom is 0.258 e. The number of amides is 5. The molecular formula is C44H44FN5O6. The molecule has 11 nitrogen and oxygen atoms in total. The first-order valence-corrected chi connectivity index (χ1v) is 18.8. The fourth-order valence-corrected chi connectivity index (χ4v) is 7.69. The van der Waals surface area contributed by atoms with Gasteiger partial charge in [0.2, 0.25) is 23.6 Å². The fraction of sp³-hybridized carbons (Fsp3) is 0.295. The van der Waals surface area contributed by atoms with E-state index in [1.54, 1.807) is 4.90 Å². The van der Waals surface area contributed by atoms with Crippen molar-refractivity contribution < 1.29 is 33.1 Å². The van der Waals surface area contributed by atoms with Gasteiger partial charge in [-0.25, -0.2) is 4.39 Å². The quantitative estimate of drug-likeness (QED) is 0.255. The van der Waals surface area contributed by atoms with Crippen molar-refractivity contribution in [3.63, 3.8) is 0 Å². The second-order valence-electron chi connectivity index (χ2n) is 14.6. The molecule has 2 heterocycles. The molecule has 0 bridgehead atoms. The lowest BCUT2D eigenvalue weighted by Gasteiger charge is -2.28. The third-order valence-corrected chi connectivity index (χ3v) is 10.7. The fourth-order valence-electron chi connectivity index (χ4n) is 7.69. The zero-order chi connectivity index (χ0) is 39.3. The summed E-state index contributed by atoms with van der Waals surface area (Å²) < 4.78 is 20.9. The largest absolute Gasteiger partial charge is 0.491 e. The number of rotatable bonds is 6. The second kappa shape index (κ2) is 16.6. The van der Waals surface area contributed by atoms with E-state index < -0.39 is 35.8 Å². The van der Waals surface area contributed by atoms with Crippen molar-refractivity contribution in [1.82, 2.24) is 25.3 Å². The molecule has 0 spiro atoms. The maximum absolute atomic E-state index is 14.7. The molecule has 56 heavy (non-hydrogen) atoms. The highest BCUT2D eigenvalue weighted by atomic mass is 19.1. The zero-order valence-electron chi connectivity index (χ0n) is 31.4. The predicted molar refractivity (Wildman–Crippen MR) is 210 cm³/mol. The van der Waals surface area contributed by atoms with Crippen molar-refractivity contribution in [2.75, 3.05) is 33.8 Å². The highest BCUT2D eigenvalue weighted by Gasteiger charge is 2.38. The number of ether oxygens (including phenoxy) is 1. The minimum Gasteiger partial charge on any atom is -0.491 e. The number of nitrogens with zero attached hydrogens (tertiary/aromatic N) is 3. The van der Waals surface area contributed by atoms with Gasteiger partial charge < -0.3 is 30.1 Å². The Balaban J connectivity index is 1.09. The monoisotopic (exact) mass is 757 g/mol. The Labute approximate surface area is 324 Å². The molecule has 12 heteroatoms. The van der Waals surface area contributed by atoms with Crippen LogP contribution in [0.25, 0.3) is 21.5 Å². The van der Waals surface area contributed by atoms with Gasteiger partial charge in [-0.1, -0.05) is 78.9 Å². The van der Waals surface area contributed by atoms with Crippen molar-refractivity contribution in [3.05, 3.63) is 126 Å². The smallest absolute Gasteiger partial charge is 0.258 e. The lowest BCUT2D eigenvalue weighted by Crippen LogP contribution is -2.48. The van der Waals surface area contributed by atoms with Gasteiger partial charge in [0, 0.05) is 39.6 Å². The molecule has 0 unspecified atom stereocenters. The number of carbonyl (C=O) groups excluding carboxylic acids is 5. The van der Waals surface area contributed by atoms with Crippen LogP contribution in [0.4, 0.5) is 4.39 Å².